The topological polar surface area (TPSA) is 207 Å². The van der Waals surface area contributed by atoms with Gasteiger partial charge in [0.1, 0.15) is 24.5 Å². The lowest BCUT2D eigenvalue weighted by Gasteiger charge is -2.27. The number of ether oxygens (including phenoxy) is 4. The number of hydrogen-bond donors (Lipinski definition) is 2. The van der Waals surface area contributed by atoms with Crippen LogP contribution in [0, 0.1) is 31.3 Å². The number of carbonyl (C=O) groups is 3. The van der Waals surface area contributed by atoms with Crippen LogP contribution >= 0.6 is 0 Å². The zero-order chi connectivity index (χ0) is 33.9. The smallest absolute Gasteiger partial charge is 0.461 e. The Bertz CT molecular complexity index is 1750. The Balaban J connectivity index is 1.23. The van der Waals surface area contributed by atoms with Gasteiger partial charge < -0.3 is 32.9 Å². The monoisotopic (exact) mass is 659 g/mol. The number of terminal acetylenes is 1. The molecule has 1 aliphatic carbocycles. The van der Waals surface area contributed by atoms with Crippen LogP contribution in [0.4, 0.5) is 15.0 Å². The second kappa shape index (κ2) is 13.5. The van der Waals surface area contributed by atoms with Crippen LogP contribution in [0.25, 0.3) is 11.2 Å². The first-order valence-corrected chi connectivity index (χ1v) is 14.9. The van der Waals surface area contributed by atoms with Crippen molar-refractivity contribution in [2.24, 2.45) is 5.92 Å². The van der Waals surface area contributed by atoms with Gasteiger partial charge in [0.05, 0.1) is 18.7 Å². The summed E-state index contributed by atoms with van der Waals surface area (Å²) in [5.41, 5.74) is -3.21. The molecule has 0 unspecified atom stereocenters. The zero-order valence-corrected chi connectivity index (χ0v) is 25.9. The van der Waals surface area contributed by atoms with E-state index in [2.05, 4.69) is 26.2 Å². The highest BCUT2D eigenvalue weighted by Gasteiger charge is 2.49. The highest BCUT2D eigenvalue weighted by atomic mass is 19.1. The number of nitrogens with one attached hydrogen (secondary N) is 1. The summed E-state index contributed by atoms with van der Waals surface area (Å²) in [6.07, 6.45) is 6.37. The molecule has 0 bridgehead atoms. The number of carbonyl (C=O) groups excluding carboxylic acids is 3. The summed E-state index contributed by atoms with van der Waals surface area (Å²) in [6.45, 7) is 3.60. The number of halogens is 1. The maximum Gasteiger partial charge on any atom is 0.519 e. The summed E-state index contributed by atoms with van der Waals surface area (Å²) in [5, 5.41) is 13.2. The molecular weight excluding hydrogens is 625 g/mol. The van der Waals surface area contributed by atoms with Crippen molar-refractivity contribution in [2.45, 2.75) is 95.9 Å². The maximum absolute atomic E-state index is 14.6. The van der Waals surface area contributed by atoms with E-state index in [-0.39, 0.29) is 54.1 Å². The fourth-order valence-corrected chi connectivity index (χ4v) is 5.51. The lowest BCUT2D eigenvalue weighted by Crippen LogP contribution is -2.43. The van der Waals surface area contributed by atoms with E-state index in [1.165, 1.54) is 31.7 Å². The molecule has 1 amide bonds. The van der Waals surface area contributed by atoms with Gasteiger partial charge in [-0.3, -0.25) is 19.5 Å². The number of esters is 2. The molecule has 252 valence electrons. The van der Waals surface area contributed by atoms with Crippen LogP contribution in [-0.4, -0.2) is 66.6 Å². The second-order valence-corrected chi connectivity index (χ2v) is 12.0. The Labute approximate surface area is 266 Å². The van der Waals surface area contributed by atoms with Crippen molar-refractivity contribution >= 4 is 35.0 Å². The van der Waals surface area contributed by atoms with Crippen molar-refractivity contribution in [1.82, 2.24) is 19.5 Å². The standard InChI is InChI=1S/C30H34FN5O11/c1-5-30(14-43-25(39)17-9-7-6-8-10-17)19(37)11-20(46-30)36-15-32-22-23(33-26(31)35-24(22)36)34-27(40)47-29(3,4)12-21(38)42-13-18-16(2)44-28(41)45-18/h1,15,17,19-20,37H,6-14H2,2-4H3,(H,33,34,35,40)/t19-,20+,30+/m0/s1. The Morgan fingerprint density at radius 3 is 2.64 bits per heavy atom. The van der Waals surface area contributed by atoms with Crippen molar-refractivity contribution in [2.75, 3.05) is 11.9 Å². The number of aliphatic hydroxyl groups excluding tert-OH is 1. The number of fused-ring (bicyclic) bond motifs is 1. The summed E-state index contributed by atoms with van der Waals surface area (Å²) in [4.78, 5) is 60.5. The minimum absolute atomic E-state index is 0.0367. The first kappa shape index (κ1) is 33.5. The number of aliphatic hydroxyl groups is 1. The summed E-state index contributed by atoms with van der Waals surface area (Å²) >= 11 is 0. The van der Waals surface area contributed by atoms with E-state index in [1.807, 2.05) is 0 Å². The molecule has 5 rings (SSSR count). The van der Waals surface area contributed by atoms with Gasteiger partial charge in [0.2, 0.25) is 0 Å². The lowest BCUT2D eigenvalue weighted by atomic mass is 9.89. The Morgan fingerprint density at radius 1 is 1.21 bits per heavy atom. The molecule has 16 nitrogen and oxygen atoms in total. The van der Waals surface area contributed by atoms with Crippen molar-refractivity contribution < 1.29 is 51.7 Å². The largest absolute Gasteiger partial charge is 0.519 e. The number of rotatable bonds is 10. The second-order valence-electron chi connectivity index (χ2n) is 12.0. The molecule has 4 heterocycles. The highest BCUT2D eigenvalue weighted by Crippen LogP contribution is 2.39. The molecule has 0 aromatic carbocycles. The van der Waals surface area contributed by atoms with E-state index in [0.29, 0.717) is 0 Å². The summed E-state index contributed by atoms with van der Waals surface area (Å²) in [5.74, 6) is -0.0776. The van der Waals surface area contributed by atoms with E-state index < -0.39 is 59.9 Å². The van der Waals surface area contributed by atoms with Crippen LogP contribution in [0.1, 0.15) is 76.5 Å². The zero-order valence-electron chi connectivity index (χ0n) is 25.9. The predicted molar refractivity (Wildman–Crippen MR) is 156 cm³/mol. The number of anilines is 1. The summed E-state index contributed by atoms with van der Waals surface area (Å²) < 4.78 is 47.3. The fraction of sp³-hybridized carbons (Fsp3) is 0.567. The Kier molecular flexibility index (Phi) is 9.63. The van der Waals surface area contributed by atoms with Crippen LogP contribution in [0.2, 0.25) is 0 Å². The van der Waals surface area contributed by atoms with Gasteiger partial charge >= 0.3 is 29.9 Å². The number of aryl methyl sites for hydroxylation is 1. The molecular formula is C30H34FN5O11. The minimum atomic E-state index is -1.67. The lowest BCUT2D eigenvalue weighted by molar-refractivity contribution is -0.161. The van der Waals surface area contributed by atoms with Crippen LogP contribution in [0.3, 0.4) is 0 Å². The SMILES string of the molecule is C#C[C@]1(COC(=O)C2CCCCC2)O[C@@H](n2cnc3c(NC(=O)OC(C)(C)CC(=O)OCc4oc(=O)oc4C)nc(F)nc32)C[C@@H]1O. The first-order valence-electron chi connectivity index (χ1n) is 14.9. The van der Waals surface area contributed by atoms with Gasteiger partial charge in [-0.1, -0.05) is 25.2 Å². The van der Waals surface area contributed by atoms with E-state index in [4.69, 9.17) is 34.2 Å². The molecule has 1 saturated carbocycles. The molecule has 0 spiro atoms. The van der Waals surface area contributed by atoms with Gasteiger partial charge in [0, 0.05) is 6.42 Å². The molecule has 2 aliphatic rings. The normalized spacial score (nSPS) is 21.7. The third-order valence-corrected chi connectivity index (χ3v) is 7.98. The van der Waals surface area contributed by atoms with E-state index >= 15 is 0 Å². The quantitative estimate of drug-likeness (QED) is 0.139. The van der Waals surface area contributed by atoms with E-state index in [1.54, 1.807) is 0 Å². The Morgan fingerprint density at radius 2 is 1.96 bits per heavy atom. The molecule has 1 aliphatic heterocycles. The molecule has 3 atom stereocenters. The van der Waals surface area contributed by atoms with Crippen LogP contribution in [-0.2, 0) is 35.1 Å². The van der Waals surface area contributed by atoms with Gasteiger partial charge in [0.15, 0.2) is 40.7 Å². The molecule has 3 aromatic heterocycles. The Hall–Kier alpha value is -4.82. The van der Waals surface area contributed by atoms with Gasteiger partial charge in [-0.05, 0) is 33.6 Å². The first-order chi connectivity index (χ1) is 22.3. The average molecular weight is 660 g/mol. The third-order valence-electron chi connectivity index (χ3n) is 7.98. The van der Waals surface area contributed by atoms with E-state index in [0.717, 1.165) is 32.1 Å². The average Bonchev–Trinajstić information content (AvgIpc) is 3.68. The fourth-order valence-electron chi connectivity index (χ4n) is 5.51. The molecule has 2 N–H and O–H groups in total. The molecule has 0 radical (unpaired) electrons. The van der Waals surface area contributed by atoms with Crippen molar-refractivity contribution in [3.63, 3.8) is 0 Å². The molecule has 1 saturated heterocycles. The maximum atomic E-state index is 14.6. The summed E-state index contributed by atoms with van der Waals surface area (Å²) in [7, 11) is 0. The summed E-state index contributed by atoms with van der Waals surface area (Å²) in [6, 6.07) is 0. The molecule has 17 heteroatoms. The van der Waals surface area contributed by atoms with Crippen molar-refractivity contribution in [3.05, 3.63) is 34.5 Å². The van der Waals surface area contributed by atoms with Gasteiger partial charge in [0.25, 0.3) is 0 Å². The molecule has 2 fully saturated rings. The number of hydrogen-bond acceptors (Lipinski definition) is 14. The third kappa shape index (κ3) is 7.60. The van der Waals surface area contributed by atoms with Crippen molar-refractivity contribution in [3.8, 4) is 12.3 Å². The van der Waals surface area contributed by atoms with Gasteiger partial charge in [-0.15, -0.1) is 6.42 Å². The van der Waals surface area contributed by atoms with Gasteiger partial charge in [-0.25, -0.2) is 14.6 Å². The highest BCUT2D eigenvalue weighted by molar-refractivity contribution is 5.93. The van der Waals surface area contributed by atoms with Gasteiger partial charge in [-0.2, -0.15) is 14.4 Å². The van der Waals surface area contributed by atoms with Crippen molar-refractivity contribution in [1.29, 1.82) is 0 Å². The number of nitrogens with zero attached hydrogens (tertiary/aromatic N) is 4. The molecule has 3 aromatic rings. The van der Waals surface area contributed by atoms with E-state index in [9.17, 15) is 28.7 Å². The number of aromatic nitrogens is 4. The molecule has 47 heavy (non-hydrogen) atoms. The predicted octanol–water partition coefficient (Wildman–Crippen LogP) is 3.06. The number of amides is 1. The number of imidazole rings is 1. The van der Waals surface area contributed by atoms with Crippen LogP contribution < -0.4 is 11.1 Å². The van der Waals surface area contributed by atoms with Crippen LogP contribution in [0.15, 0.2) is 20.0 Å². The van der Waals surface area contributed by atoms with Crippen LogP contribution in [0.5, 0.6) is 0 Å². The minimum Gasteiger partial charge on any atom is -0.461 e.